The number of nitrogens with zero attached hydrogens (tertiary/aromatic N) is 6. The Morgan fingerprint density at radius 2 is 2.19 bits per heavy atom. The number of nitrogens with one attached hydrogen (secondary N) is 1. The molecule has 0 aliphatic carbocycles. The fraction of sp³-hybridized carbons (Fsp3) is 0.308. The Morgan fingerprint density at radius 3 is 2.86 bits per heavy atom. The highest BCUT2D eigenvalue weighted by Gasteiger charge is 2.27. The molecule has 8 nitrogen and oxygen atoms in total. The van der Waals surface area contributed by atoms with E-state index in [1.165, 1.54) is 11.0 Å². The zero-order valence-corrected chi connectivity index (χ0v) is 11.2. The topological polar surface area (TPSA) is 99.7 Å². The zero-order valence-electron chi connectivity index (χ0n) is 11.2. The molecule has 3 rings (SSSR count). The number of hydrogen-bond donors (Lipinski definition) is 1. The molecule has 0 bridgehead atoms. The largest absolute Gasteiger partial charge is 0.320 e. The Balaban J connectivity index is 1.80. The average Bonchev–Trinajstić information content (AvgIpc) is 3.09. The summed E-state index contributed by atoms with van der Waals surface area (Å²) < 4.78 is 1.51. The van der Waals surface area contributed by atoms with Gasteiger partial charge in [0.1, 0.15) is 12.4 Å². The van der Waals surface area contributed by atoms with Gasteiger partial charge < -0.3 is 10.2 Å². The van der Waals surface area contributed by atoms with Crippen molar-refractivity contribution in [2.24, 2.45) is 0 Å². The summed E-state index contributed by atoms with van der Waals surface area (Å²) >= 11 is 0. The van der Waals surface area contributed by atoms with Crippen molar-refractivity contribution in [2.75, 3.05) is 19.6 Å². The van der Waals surface area contributed by atoms with E-state index in [1.807, 2.05) is 0 Å². The van der Waals surface area contributed by atoms with Crippen LogP contribution in [0.2, 0.25) is 0 Å². The Labute approximate surface area is 121 Å². The Hall–Kier alpha value is -2.79. The molecule has 21 heavy (non-hydrogen) atoms. The normalized spacial score (nSPS) is 18.2. The minimum absolute atomic E-state index is 0.133. The van der Waals surface area contributed by atoms with Crippen LogP contribution in [0.15, 0.2) is 30.6 Å². The van der Waals surface area contributed by atoms with Crippen LogP contribution in [0.3, 0.4) is 0 Å². The summed E-state index contributed by atoms with van der Waals surface area (Å²) in [6.07, 6.45) is 1.48. The van der Waals surface area contributed by atoms with Crippen molar-refractivity contribution in [1.29, 1.82) is 5.26 Å². The number of amides is 1. The molecule has 1 aliphatic rings. The first-order valence-corrected chi connectivity index (χ1v) is 6.54. The molecule has 1 aliphatic heterocycles. The highest BCUT2D eigenvalue weighted by molar-refractivity contribution is 5.94. The predicted molar refractivity (Wildman–Crippen MR) is 72.5 cm³/mol. The number of tetrazole rings is 1. The first kappa shape index (κ1) is 13.2. The second kappa shape index (κ2) is 5.68. The van der Waals surface area contributed by atoms with E-state index in [2.05, 4.69) is 26.9 Å². The molecule has 1 aromatic heterocycles. The van der Waals surface area contributed by atoms with Crippen molar-refractivity contribution in [3.8, 4) is 11.8 Å². The molecule has 1 amide bonds. The molecule has 2 aromatic rings. The van der Waals surface area contributed by atoms with E-state index < -0.39 is 6.04 Å². The molecule has 8 heteroatoms. The molecule has 1 unspecified atom stereocenters. The zero-order chi connectivity index (χ0) is 14.7. The first-order chi connectivity index (χ1) is 10.3. The van der Waals surface area contributed by atoms with E-state index in [4.69, 9.17) is 5.26 Å². The van der Waals surface area contributed by atoms with Crippen molar-refractivity contribution in [3.05, 3.63) is 36.2 Å². The third-order valence-corrected chi connectivity index (χ3v) is 3.38. The maximum absolute atomic E-state index is 12.5. The van der Waals surface area contributed by atoms with Crippen molar-refractivity contribution in [2.45, 2.75) is 6.04 Å². The van der Waals surface area contributed by atoms with Gasteiger partial charge >= 0.3 is 0 Å². The summed E-state index contributed by atoms with van der Waals surface area (Å²) in [5.41, 5.74) is 1.32. The lowest BCUT2D eigenvalue weighted by molar-refractivity contribution is 0.0687. The third-order valence-electron chi connectivity index (χ3n) is 3.38. The fourth-order valence-electron chi connectivity index (χ4n) is 2.26. The Kier molecular flexibility index (Phi) is 3.57. The van der Waals surface area contributed by atoms with Crippen LogP contribution in [0.5, 0.6) is 0 Å². The first-order valence-electron chi connectivity index (χ1n) is 6.54. The van der Waals surface area contributed by atoms with Gasteiger partial charge in [-0.25, -0.2) is 4.68 Å². The van der Waals surface area contributed by atoms with Gasteiger partial charge in [-0.1, -0.05) is 0 Å². The lowest BCUT2D eigenvalue weighted by Crippen LogP contribution is -2.53. The molecule has 0 spiro atoms. The highest BCUT2D eigenvalue weighted by Crippen LogP contribution is 2.13. The molecule has 0 saturated carbocycles. The molecular formula is C13H13N7O. The minimum Gasteiger partial charge on any atom is -0.320 e. The SMILES string of the molecule is N#CC1CNCCN1C(=O)c1ccc(-n2cnnn2)cc1. The standard InChI is InChI=1S/C13H13N7O/c14-7-12-8-15-5-6-19(12)13(21)10-1-3-11(4-2-10)20-9-16-17-18-20/h1-4,9,12,15H,5-6,8H2. The average molecular weight is 283 g/mol. The number of benzene rings is 1. The van der Waals surface area contributed by atoms with Crippen LogP contribution in [-0.4, -0.2) is 56.7 Å². The van der Waals surface area contributed by atoms with Gasteiger partial charge in [0.2, 0.25) is 0 Å². The van der Waals surface area contributed by atoms with Crippen molar-refractivity contribution in [1.82, 2.24) is 30.4 Å². The van der Waals surface area contributed by atoms with E-state index in [1.54, 1.807) is 29.2 Å². The van der Waals surface area contributed by atoms with Crippen LogP contribution >= 0.6 is 0 Å². The van der Waals surface area contributed by atoms with E-state index in [0.717, 1.165) is 5.69 Å². The second-order valence-corrected chi connectivity index (χ2v) is 4.65. The Morgan fingerprint density at radius 1 is 1.38 bits per heavy atom. The van der Waals surface area contributed by atoms with Gasteiger partial charge in [0.05, 0.1) is 11.8 Å². The number of aromatic nitrogens is 4. The van der Waals surface area contributed by atoms with Gasteiger partial charge in [0, 0.05) is 25.2 Å². The predicted octanol–water partition coefficient (Wildman–Crippen LogP) is -0.400. The maximum Gasteiger partial charge on any atom is 0.255 e. The maximum atomic E-state index is 12.5. The Bertz CT molecular complexity index is 659. The minimum atomic E-state index is -0.426. The van der Waals surface area contributed by atoms with E-state index in [9.17, 15) is 4.79 Å². The molecule has 1 fully saturated rings. The molecule has 1 N–H and O–H groups in total. The van der Waals surface area contributed by atoms with Gasteiger partial charge in [-0.2, -0.15) is 5.26 Å². The summed E-state index contributed by atoms with van der Waals surface area (Å²) in [6, 6.07) is 8.70. The van der Waals surface area contributed by atoms with Gasteiger partial charge in [-0.3, -0.25) is 4.79 Å². The number of carbonyl (C=O) groups excluding carboxylic acids is 1. The molecular weight excluding hydrogens is 270 g/mol. The monoisotopic (exact) mass is 283 g/mol. The number of nitriles is 1. The second-order valence-electron chi connectivity index (χ2n) is 4.65. The van der Waals surface area contributed by atoms with Gasteiger partial charge in [0.25, 0.3) is 5.91 Å². The lowest BCUT2D eigenvalue weighted by Gasteiger charge is -2.32. The van der Waals surface area contributed by atoms with Crippen LogP contribution in [-0.2, 0) is 0 Å². The lowest BCUT2D eigenvalue weighted by atomic mass is 10.1. The van der Waals surface area contributed by atoms with Crippen LogP contribution in [0.1, 0.15) is 10.4 Å². The number of rotatable bonds is 2. The van der Waals surface area contributed by atoms with E-state index in [0.29, 0.717) is 25.2 Å². The van der Waals surface area contributed by atoms with Gasteiger partial charge in [-0.15, -0.1) is 5.10 Å². The molecule has 1 aromatic carbocycles. The van der Waals surface area contributed by atoms with Crippen LogP contribution < -0.4 is 5.32 Å². The summed E-state index contributed by atoms with van der Waals surface area (Å²) in [5.74, 6) is -0.133. The fourth-order valence-corrected chi connectivity index (χ4v) is 2.26. The molecule has 2 heterocycles. The number of piperazine rings is 1. The van der Waals surface area contributed by atoms with Crippen LogP contribution in [0.4, 0.5) is 0 Å². The molecule has 0 radical (unpaired) electrons. The summed E-state index contributed by atoms with van der Waals surface area (Å²) in [5, 5.41) is 23.1. The number of carbonyl (C=O) groups is 1. The van der Waals surface area contributed by atoms with Crippen LogP contribution in [0, 0.1) is 11.3 Å². The molecule has 1 atom stereocenters. The van der Waals surface area contributed by atoms with Crippen molar-refractivity contribution in [3.63, 3.8) is 0 Å². The van der Waals surface area contributed by atoms with E-state index >= 15 is 0 Å². The van der Waals surface area contributed by atoms with Crippen molar-refractivity contribution >= 4 is 5.91 Å². The summed E-state index contributed by atoms with van der Waals surface area (Å²) in [7, 11) is 0. The quantitative estimate of drug-likeness (QED) is 0.805. The van der Waals surface area contributed by atoms with Gasteiger partial charge in [-0.05, 0) is 34.7 Å². The third kappa shape index (κ3) is 2.59. The highest BCUT2D eigenvalue weighted by atomic mass is 16.2. The smallest absolute Gasteiger partial charge is 0.255 e. The van der Waals surface area contributed by atoms with Crippen molar-refractivity contribution < 1.29 is 4.79 Å². The van der Waals surface area contributed by atoms with Crippen LogP contribution in [0.25, 0.3) is 5.69 Å². The summed E-state index contributed by atoms with van der Waals surface area (Å²) in [4.78, 5) is 14.1. The van der Waals surface area contributed by atoms with Gasteiger partial charge in [0.15, 0.2) is 0 Å². The van der Waals surface area contributed by atoms with E-state index in [-0.39, 0.29) is 5.91 Å². The molecule has 1 saturated heterocycles. The summed E-state index contributed by atoms with van der Waals surface area (Å²) in [6.45, 7) is 1.74. The molecule has 106 valence electrons. The number of hydrogen-bond acceptors (Lipinski definition) is 6.